The molecule has 0 saturated carbocycles. The van der Waals surface area contributed by atoms with Crippen molar-refractivity contribution < 1.29 is 4.74 Å². The summed E-state index contributed by atoms with van der Waals surface area (Å²) < 4.78 is 6.77. The molecule has 4 rings (SSSR count). The van der Waals surface area contributed by atoms with Gasteiger partial charge in [0.2, 0.25) is 0 Å². The molecular weight excluding hydrogens is 485 g/mol. The number of aromatic nitrogens is 2. The van der Waals surface area contributed by atoms with Crippen molar-refractivity contribution in [2.24, 2.45) is 0 Å². The van der Waals surface area contributed by atoms with E-state index < -0.39 is 0 Å². The topological polar surface area (TPSA) is 56.4 Å². The maximum atomic E-state index is 5.79. The summed E-state index contributed by atoms with van der Waals surface area (Å²) in [6.45, 7) is 9.77. The molecule has 2 atom stereocenters. The van der Waals surface area contributed by atoms with E-state index in [9.17, 15) is 0 Å². The Balaban J connectivity index is 1.66. The first-order valence-electron chi connectivity index (χ1n) is 9.69. The van der Waals surface area contributed by atoms with Crippen LogP contribution < -0.4 is 5.32 Å². The van der Waals surface area contributed by atoms with Crippen LogP contribution in [0, 0.1) is 17.4 Å². The summed E-state index contributed by atoms with van der Waals surface area (Å²) in [5, 5.41) is 4.36. The van der Waals surface area contributed by atoms with Crippen molar-refractivity contribution in [1.82, 2.24) is 25.1 Å². The molecule has 28 heavy (non-hydrogen) atoms. The van der Waals surface area contributed by atoms with E-state index in [0.717, 1.165) is 50.2 Å². The molecule has 2 fully saturated rings. The number of thiocarbonyl (C=S) groups is 1. The van der Waals surface area contributed by atoms with Crippen molar-refractivity contribution in [3.05, 3.63) is 50.6 Å². The third kappa shape index (κ3) is 3.92. The van der Waals surface area contributed by atoms with Gasteiger partial charge in [-0.05, 0) is 60.8 Å². The molecule has 0 amide bonds. The number of H-pyrrole nitrogens is 1. The molecule has 4 heterocycles. The van der Waals surface area contributed by atoms with Crippen LogP contribution in [-0.4, -0.2) is 64.3 Å². The van der Waals surface area contributed by atoms with Crippen LogP contribution in [0.1, 0.15) is 34.7 Å². The Hall–Kier alpha value is -1.23. The number of hydrogen-bond acceptors (Lipinski definition) is 4. The molecule has 2 aliphatic heterocycles. The number of hydrogen-bond donors (Lipinski definition) is 2. The molecule has 0 radical (unpaired) electrons. The predicted molar refractivity (Wildman–Crippen MR) is 122 cm³/mol. The molecule has 0 spiro atoms. The fourth-order valence-corrected chi connectivity index (χ4v) is 5.35. The first-order valence-corrected chi connectivity index (χ1v) is 11.2. The smallest absolute Gasteiger partial charge is 0.170 e. The number of halogens is 1. The molecule has 150 valence electrons. The number of morpholine rings is 1. The van der Waals surface area contributed by atoms with Gasteiger partial charge in [0, 0.05) is 52.9 Å². The van der Waals surface area contributed by atoms with E-state index in [1.165, 1.54) is 20.5 Å². The van der Waals surface area contributed by atoms with Gasteiger partial charge in [0.05, 0.1) is 31.0 Å². The van der Waals surface area contributed by atoms with Gasteiger partial charge in [-0.25, -0.2) is 0 Å². The average Bonchev–Trinajstić information content (AvgIpc) is 3.16. The maximum absolute atomic E-state index is 5.79. The second-order valence-electron chi connectivity index (χ2n) is 7.38. The van der Waals surface area contributed by atoms with Gasteiger partial charge in [-0.1, -0.05) is 6.07 Å². The Kier molecular flexibility index (Phi) is 6.19. The van der Waals surface area contributed by atoms with Crippen molar-refractivity contribution in [3.8, 4) is 0 Å². The fourth-order valence-electron chi connectivity index (χ4n) is 4.16. The lowest BCUT2D eigenvalue weighted by Crippen LogP contribution is -2.42. The Morgan fingerprint density at radius 3 is 2.64 bits per heavy atom. The third-order valence-electron chi connectivity index (χ3n) is 5.60. The second-order valence-corrected chi connectivity index (χ2v) is 8.84. The summed E-state index contributed by atoms with van der Waals surface area (Å²) >= 11 is 8.24. The highest BCUT2D eigenvalue weighted by molar-refractivity contribution is 14.1. The van der Waals surface area contributed by atoms with Crippen molar-refractivity contribution in [3.63, 3.8) is 0 Å². The van der Waals surface area contributed by atoms with Gasteiger partial charge in [0.15, 0.2) is 5.11 Å². The largest absolute Gasteiger partial charge is 0.379 e. The molecule has 0 aliphatic carbocycles. The van der Waals surface area contributed by atoms with E-state index >= 15 is 0 Å². The van der Waals surface area contributed by atoms with Crippen LogP contribution in [0.4, 0.5) is 0 Å². The average molecular weight is 511 g/mol. The van der Waals surface area contributed by atoms with Gasteiger partial charge in [-0.15, -0.1) is 0 Å². The summed E-state index contributed by atoms with van der Waals surface area (Å²) in [6, 6.07) is 6.25. The lowest BCUT2D eigenvalue weighted by molar-refractivity contribution is 0.0350. The molecule has 2 aliphatic rings. The summed E-state index contributed by atoms with van der Waals surface area (Å²) in [6.07, 6.45) is 1.85. The summed E-state index contributed by atoms with van der Waals surface area (Å²) in [5.41, 5.74) is 4.76. The lowest BCUT2D eigenvalue weighted by atomic mass is 9.97. The molecule has 2 saturated heterocycles. The normalized spacial score (nSPS) is 23.2. The number of pyridine rings is 1. The minimum Gasteiger partial charge on any atom is -0.379 e. The predicted octanol–water partition coefficient (Wildman–Crippen LogP) is 2.94. The Morgan fingerprint density at radius 2 is 2.00 bits per heavy atom. The molecule has 0 aromatic carbocycles. The Bertz CT molecular complexity index is 837. The third-order valence-corrected chi connectivity index (χ3v) is 7.34. The first-order chi connectivity index (χ1) is 13.6. The monoisotopic (exact) mass is 511 g/mol. The van der Waals surface area contributed by atoms with E-state index in [-0.39, 0.29) is 12.1 Å². The van der Waals surface area contributed by atoms with Crippen LogP contribution in [0.5, 0.6) is 0 Å². The number of rotatable bonds is 5. The lowest BCUT2D eigenvalue weighted by Gasteiger charge is -2.32. The zero-order valence-electron chi connectivity index (χ0n) is 16.2. The zero-order chi connectivity index (χ0) is 19.7. The number of ether oxygens (including phenoxy) is 1. The van der Waals surface area contributed by atoms with Crippen LogP contribution in [-0.2, 0) is 4.74 Å². The highest BCUT2D eigenvalue weighted by atomic mass is 127. The standard InChI is InChI=1S/C20H26IN5OS/c1-13-16(17(21)14(2)23-13)19-18(15-5-3-4-6-22-15)24-20(28)26(19)8-7-25-9-11-27-12-10-25/h3-6,18-19,23H,7-12H2,1-2H3,(H,24,28)/t18-,19+/m1/s1. The van der Waals surface area contributed by atoms with E-state index in [2.05, 4.69) is 67.6 Å². The summed E-state index contributed by atoms with van der Waals surface area (Å²) in [5.74, 6) is 0. The second kappa shape index (κ2) is 8.64. The number of aromatic amines is 1. The quantitative estimate of drug-likeness (QED) is 0.476. The molecular formula is C20H26IN5OS. The summed E-state index contributed by atoms with van der Waals surface area (Å²) in [7, 11) is 0. The van der Waals surface area contributed by atoms with Crippen molar-refractivity contribution in [1.29, 1.82) is 0 Å². The summed E-state index contributed by atoms with van der Waals surface area (Å²) in [4.78, 5) is 13.0. The van der Waals surface area contributed by atoms with Crippen LogP contribution in [0.3, 0.4) is 0 Å². The van der Waals surface area contributed by atoms with Crippen molar-refractivity contribution in [2.75, 3.05) is 39.4 Å². The van der Waals surface area contributed by atoms with Gasteiger partial charge in [0.1, 0.15) is 0 Å². The number of nitrogens with one attached hydrogen (secondary N) is 2. The molecule has 0 bridgehead atoms. The van der Waals surface area contributed by atoms with E-state index in [0.29, 0.717) is 0 Å². The van der Waals surface area contributed by atoms with Gasteiger partial charge >= 0.3 is 0 Å². The number of aryl methyl sites for hydroxylation is 2. The Labute approximate surface area is 185 Å². The van der Waals surface area contributed by atoms with E-state index in [1.807, 2.05) is 18.3 Å². The Morgan fingerprint density at radius 1 is 1.21 bits per heavy atom. The van der Waals surface area contributed by atoms with Crippen molar-refractivity contribution in [2.45, 2.75) is 25.9 Å². The first kappa shape index (κ1) is 20.1. The van der Waals surface area contributed by atoms with Crippen LogP contribution in [0.25, 0.3) is 0 Å². The molecule has 6 nitrogen and oxygen atoms in total. The number of nitrogens with zero attached hydrogens (tertiary/aromatic N) is 3. The van der Waals surface area contributed by atoms with Crippen LogP contribution in [0.2, 0.25) is 0 Å². The van der Waals surface area contributed by atoms with Crippen molar-refractivity contribution >= 4 is 39.9 Å². The molecule has 2 N–H and O–H groups in total. The highest BCUT2D eigenvalue weighted by Crippen LogP contribution is 2.42. The molecule has 2 aromatic rings. The van der Waals surface area contributed by atoms with Gasteiger partial charge in [-0.2, -0.15) is 0 Å². The molecule has 8 heteroatoms. The molecule has 0 unspecified atom stereocenters. The minimum absolute atomic E-state index is 0.0424. The molecule has 2 aromatic heterocycles. The van der Waals surface area contributed by atoms with Crippen LogP contribution >= 0.6 is 34.8 Å². The fraction of sp³-hybridized carbons (Fsp3) is 0.500. The van der Waals surface area contributed by atoms with Crippen LogP contribution in [0.15, 0.2) is 24.4 Å². The zero-order valence-corrected chi connectivity index (χ0v) is 19.2. The maximum Gasteiger partial charge on any atom is 0.170 e. The minimum atomic E-state index is 0.0424. The van der Waals surface area contributed by atoms with Gasteiger partial charge in [0.25, 0.3) is 0 Å². The SMILES string of the molecule is Cc1[nH]c(C)c([C@H]2[C@@H](c3ccccn3)NC(=S)N2CCN2CCOCC2)c1I. The van der Waals surface area contributed by atoms with E-state index in [1.54, 1.807) is 0 Å². The van der Waals surface area contributed by atoms with Gasteiger partial charge in [-0.3, -0.25) is 9.88 Å². The highest BCUT2D eigenvalue weighted by Gasteiger charge is 2.42. The van der Waals surface area contributed by atoms with Gasteiger partial charge < -0.3 is 19.9 Å². The van der Waals surface area contributed by atoms with E-state index in [4.69, 9.17) is 17.0 Å².